The first-order valence-electron chi connectivity index (χ1n) is 9.24. The Morgan fingerprint density at radius 3 is 2.62 bits per heavy atom. The fourth-order valence-electron chi connectivity index (χ4n) is 2.92. The van der Waals surface area contributed by atoms with Crippen molar-refractivity contribution in [1.29, 1.82) is 0 Å². The summed E-state index contributed by atoms with van der Waals surface area (Å²) in [5, 5.41) is 0. The molecule has 0 bridgehead atoms. The van der Waals surface area contributed by atoms with E-state index in [-0.39, 0.29) is 16.9 Å². The zero-order valence-electron chi connectivity index (χ0n) is 15.6. The molecule has 0 saturated carbocycles. The predicted molar refractivity (Wildman–Crippen MR) is 100 cm³/mol. The quantitative estimate of drug-likeness (QED) is 0.674. The third kappa shape index (κ3) is 6.52. The highest BCUT2D eigenvalue weighted by molar-refractivity contribution is 7.90. The highest BCUT2D eigenvalue weighted by Crippen LogP contribution is 2.21. The average molecular weight is 384 g/mol. The van der Waals surface area contributed by atoms with Crippen LogP contribution in [0, 0.1) is 5.92 Å². The van der Waals surface area contributed by atoms with Crippen molar-refractivity contribution < 1.29 is 22.7 Å². The molecular weight excluding hydrogens is 354 g/mol. The zero-order valence-corrected chi connectivity index (χ0v) is 16.5. The van der Waals surface area contributed by atoms with E-state index in [9.17, 15) is 13.2 Å². The first-order valence-corrected chi connectivity index (χ1v) is 11.1. The van der Waals surface area contributed by atoms with E-state index in [4.69, 9.17) is 9.47 Å². The molecule has 6 nitrogen and oxygen atoms in total. The lowest BCUT2D eigenvalue weighted by atomic mass is 10.0. The molecule has 1 aliphatic rings. The molecule has 1 fully saturated rings. The number of hydrogen-bond donors (Lipinski definition) is 0. The Hall–Kier alpha value is -1.76. The van der Waals surface area contributed by atoms with Gasteiger partial charge in [-0.15, -0.1) is 0 Å². The third-order valence-electron chi connectivity index (χ3n) is 4.49. The molecular formula is C19H29NO5S. The Morgan fingerprint density at radius 1 is 1.23 bits per heavy atom. The van der Waals surface area contributed by atoms with Crippen molar-refractivity contribution in [2.45, 2.75) is 43.9 Å². The van der Waals surface area contributed by atoms with Gasteiger partial charge in [0.25, 0.3) is 0 Å². The number of benzene rings is 1. The molecule has 1 aliphatic heterocycles. The maximum atomic E-state index is 12.2. The highest BCUT2D eigenvalue weighted by Gasteiger charge is 2.23. The highest BCUT2D eigenvalue weighted by atomic mass is 32.2. The molecule has 1 aromatic carbocycles. The lowest BCUT2D eigenvalue weighted by Gasteiger charge is -2.24. The van der Waals surface area contributed by atoms with Gasteiger partial charge in [-0.25, -0.2) is 13.2 Å². The van der Waals surface area contributed by atoms with Crippen molar-refractivity contribution in [3.8, 4) is 5.75 Å². The van der Waals surface area contributed by atoms with Gasteiger partial charge in [0.1, 0.15) is 5.75 Å². The summed E-state index contributed by atoms with van der Waals surface area (Å²) in [6, 6.07) is 6.44. The number of hydrogen-bond acceptors (Lipinski definition) is 5. The first kappa shape index (κ1) is 20.6. The zero-order chi connectivity index (χ0) is 19.0. The van der Waals surface area contributed by atoms with Crippen LogP contribution in [0.4, 0.5) is 4.79 Å². The van der Waals surface area contributed by atoms with Gasteiger partial charge in [0.2, 0.25) is 0 Å². The van der Waals surface area contributed by atoms with E-state index in [1.807, 2.05) is 0 Å². The van der Waals surface area contributed by atoms with Gasteiger partial charge in [-0.2, -0.15) is 0 Å². The number of amides is 1. The Bertz CT molecular complexity index is 672. The van der Waals surface area contributed by atoms with Crippen LogP contribution in [0.25, 0.3) is 0 Å². The van der Waals surface area contributed by atoms with Crippen LogP contribution < -0.4 is 4.74 Å². The van der Waals surface area contributed by atoms with E-state index >= 15 is 0 Å². The molecule has 0 N–H and O–H groups in total. The maximum Gasteiger partial charge on any atom is 0.409 e. The SMILES string of the molecule is CCCCOC(=O)N1CCCCC(COc2ccc(S(C)(=O)=O)cc2)C1. The summed E-state index contributed by atoms with van der Waals surface area (Å²) < 4.78 is 34.1. The van der Waals surface area contributed by atoms with Gasteiger partial charge in [0.15, 0.2) is 9.84 Å². The van der Waals surface area contributed by atoms with Crippen LogP contribution >= 0.6 is 0 Å². The smallest absolute Gasteiger partial charge is 0.409 e. The van der Waals surface area contributed by atoms with Gasteiger partial charge in [-0.3, -0.25) is 0 Å². The first-order chi connectivity index (χ1) is 12.4. The molecule has 1 atom stereocenters. The van der Waals surface area contributed by atoms with E-state index in [1.54, 1.807) is 29.2 Å². The lowest BCUT2D eigenvalue weighted by Crippen LogP contribution is -2.36. The Labute approximate surface area is 156 Å². The summed E-state index contributed by atoms with van der Waals surface area (Å²) in [4.78, 5) is 14.2. The standard InChI is InChI=1S/C19H29NO5S/c1-3-4-13-24-19(21)20-12-6-5-7-16(14-20)15-25-17-8-10-18(11-9-17)26(2,22)23/h8-11,16H,3-7,12-15H2,1-2H3. The molecule has 7 heteroatoms. The van der Waals surface area contributed by atoms with Crippen molar-refractivity contribution in [3.05, 3.63) is 24.3 Å². The summed E-state index contributed by atoms with van der Waals surface area (Å²) >= 11 is 0. The molecule has 0 spiro atoms. The van der Waals surface area contributed by atoms with Crippen molar-refractivity contribution >= 4 is 15.9 Å². The molecule has 26 heavy (non-hydrogen) atoms. The molecule has 2 rings (SSSR count). The monoisotopic (exact) mass is 383 g/mol. The summed E-state index contributed by atoms with van der Waals surface area (Å²) in [5.41, 5.74) is 0. The fraction of sp³-hybridized carbons (Fsp3) is 0.632. The molecule has 0 radical (unpaired) electrons. The van der Waals surface area contributed by atoms with Gasteiger partial charge < -0.3 is 14.4 Å². The number of rotatable bonds is 7. The Kier molecular flexibility index (Phi) is 7.75. The minimum absolute atomic E-state index is 0.233. The molecule has 1 unspecified atom stereocenters. The van der Waals surface area contributed by atoms with Crippen LogP contribution in [-0.2, 0) is 14.6 Å². The van der Waals surface area contributed by atoms with Crippen LogP contribution in [0.1, 0.15) is 39.0 Å². The van der Waals surface area contributed by atoms with Gasteiger partial charge in [0.05, 0.1) is 18.1 Å². The van der Waals surface area contributed by atoms with Crippen LogP contribution in [0.3, 0.4) is 0 Å². The minimum atomic E-state index is -3.20. The predicted octanol–water partition coefficient (Wildman–Crippen LogP) is 3.51. The second-order valence-electron chi connectivity index (χ2n) is 6.83. The van der Waals surface area contributed by atoms with E-state index in [0.717, 1.165) is 38.6 Å². The van der Waals surface area contributed by atoms with Gasteiger partial charge in [-0.1, -0.05) is 19.8 Å². The maximum absolute atomic E-state index is 12.2. The number of unbranched alkanes of at least 4 members (excludes halogenated alkanes) is 1. The molecule has 1 heterocycles. The second-order valence-corrected chi connectivity index (χ2v) is 8.85. The van der Waals surface area contributed by atoms with Crippen LogP contribution in [-0.4, -0.2) is 52.0 Å². The Morgan fingerprint density at radius 2 is 1.96 bits per heavy atom. The summed E-state index contributed by atoms with van der Waals surface area (Å²) in [7, 11) is -3.20. The van der Waals surface area contributed by atoms with Crippen molar-refractivity contribution in [2.24, 2.45) is 5.92 Å². The van der Waals surface area contributed by atoms with Crippen LogP contribution in [0.5, 0.6) is 5.75 Å². The topological polar surface area (TPSA) is 72.9 Å². The summed E-state index contributed by atoms with van der Waals surface area (Å²) in [6.45, 7) is 4.39. The van der Waals surface area contributed by atoms with Crippen LogP contribution in [0.2, 0.25) is 0 Å². The number of nitrogens with zero attached hydrogens (tertiary/aromatic N) is 1. The molecule has 1 amide bonds. The number of carbonyl (C=O) groups excluding carboxylic acids is 1. The molecule has 146 valence electrons. The van der Waals surface area contributed by atoms with E-state index < -0.39 is 9.84 Å². The molecule has 1 saturated heterocycles. The number of sulfone groups is 1. The Balaban J connectivity index is 1.86. The summed E-state index contributed by atoms with van der Waals surface area (Å²) in [5.74, 6) is 0.879. The van der Waals surface area contributed by atoms with Crippen molar-refractivity contribution in [1.82, 2.24) is 4.90 Å². The van der Waals surface area contributed by atoms with Crippen molar-refractivity contribution in [2.75, 3.05) is 32.6 Å². The van der Waals surface area contributed by atoms with E-state index in [1.165, 1.54) is 6.26 Å². The van der Waals surface area contributed by atoms with E-state index in [2.05, 4.69) is 6.92 Å². The average Bonchev–Trinajstić information content (AvgIpc) is 2.85. The largest absolute Gasteiger partial charge is 0.493 e. The second kappa shape index (κ2) is 9.80. The molecule has 0 aromatic heterocycles. The summed E-state index contributed by atoms with van der Waals surface area (Å²) in [6.07, 6.45) is 5.87. The van der Waals surface area contributed by atoms with Gasteiger partial charge in [0, 0.05) is 25.3 Å². The van der Waals surface area contributed by atoms with Gasteiger partial charge >= 0.3 is 6.09 Å². The molecule has 0 aliphatic carbocycles. The third-order valence-corrected chi connectivity index (χ3v) is 5.62. The fourth-order valence-corrected chi connectivity index (χ4v) is 3.55. The van der Waals surface area contributed by atoms with Gasteiger partial charge in [-0.05, 0) is 43.5 Å². The van der Waals surface area contributed by atoms with E-state index in [0.29, 0.717) is 25.5 Å². The minimum Gasteiger partial charge on any atom is -0.493 e. The van der Waals surface area contributed by atoms with Crippen molar-refractivity contribution in [3.63, 3.8) is 0 Å². The number of likely N-dealkylation sites (tertiary alicyclic amines) is 1. The normalized spacial score (nSPS) is 18.2. The number of ether oxygens (including phenoxy) is 2. The molecule has 1 aromatic rings. The number of carbonyl (C=O) groups is 1. The van der Waals surface area contributed by atoms with Crippen LogP contribution in [0.15, 0.2) is 29.2 Å². The lowest BCUT2D eigenvalue weighted by molar-refractivity contribution is 0.0935.